The highest BCUT2D eigenvalue weighted by atomic mass is 16.3. The number of hydrogen-bond donors (Lipinski definition) is 2. The summed E-state index contributed by atoms with van der Waals surface area (Å²) in [5.41, 5.74) is 5.24. The Labute approximate surface area is 139 Å². The lowest BCUT2D eigenvalue weighted by Crippen LogP contribution is -2.43. The number of rotatable bonds is 6. The number of benzene rings is 1. The maximum Gasteiger partial charge on any atom is 0.234 e. The van der Waals surface area contributed by atoms with Crippen LogP contribution in [0.5, 0.6) is 0 Å². The molecule has 0 radical (unpaired) electrons. The molecule has 1 fully saturated rings. The largest absolute Gasteiger partial charge is 0.396 e. The highest BCUT2D eigenvalue weighted by molar-refractivity contribution is 5.78. The molecule has 1 unspecified atom stereocenters. The van der Waals surface area contributed by atoms with Crippen molar-refractivity contribution in [1.29, 1.82) is 0 Å². The van der Waals surface area contributed by atoms with Crippen LogP contribution in [0.1, 0.15) is 35.1 Å². The molecule has 0 spiro atoms. The van der Waals surface area contributed by atoms with Crippen molar-refractivity contribution < 1.29 is 9.90 Å². The van der Waals surface area contributed by atoms with Gasteiger partial charge in [-0.2, -0.15) is 0 Å². The maximum atomic E-state index is 12.1. The third-order valence-corrected chi connectivity index (χ3v) is 4.77. The fourth-order valence-corrected chi connectivity index (χ4v) is 3.63. The summed E-state index contributed by atoms with van der Waals surface area (Å²) >= 11 is 0. The molecule has 23 heavy (non-hydrogen) atoms. The van der Waals surface area contributed by atoms with Crippen LogP contribution in [0.4, 0.5) is 0 Å². The number of aliphatic hydroxyl groups excluding tert-OH is 1. The normalized spacial score (nSPS) is 18.9. The molecular weight excluding hydrogens is 288 g/mol. The van der Waals surface area contributed by atoms with Gasteiger partial charge >= 0.3 is 0 Å². The molecule has 1 heterocycles. The van der Waals surface area contributed by atoms with Crippen LogP contribution in [-0.2, 0) is 11.2 Å². The summed E-state index contributed by atoms with van der Waals surface area (Å²) < 4.78 is 0. The maximum absolute atomic E-state index is 12.1. The van der Waals surface area contributed by atoms with E-state index < -0.39 is 0 Å². The van der Waals surface area contributed by atoms with Crippen LogP contribution < -0.4 is 5.32 Å². The van der Waals surface area contributed by atoms with Gasteiger partial charge in [0.15, 0.2) is 0 Å². The minimum absolute atomic E-state index is 0.0889. The number of piperidine rings is 1. The number of carbonyl (C=O) groups is 1. The average molecular weight is 318 g/mol. The summed E-state index contributed by atoms with van der Waals surface area (Å²) in [6, 6.07) is 4.40. The van der Waals surface area contributed by atoms with Crippen molar-refractivity contribution in [2.24, 2.45) is 5.92 Å². The Morgan fingerprint density at radius 3 is 2.65 bits per heavy atom. The molecule has 128 valence electrons. The van der Waals surface area contributed by atoms with Gasteiger partial charge < -0.3 is 10.4 Å². The summed E-state index contributed by atoms with van der Waals surface area (Å²) in [5, 5.41) is 12.3. The van der Waals surface area contributed by atoms with Crippen molar-refractivity contribution >= 4 is 5.91 Å². The molecule has 1 aromatic rings. The minimum Gasteiger partial charge on any atom is -0.396 e. The van der Waals surface area contributed by atoms with E-state index in [0.717, 1.165) is 32.4 Å². The summed E-state index contributed by atoms with van der Waals surface area (Å²) in [7, 11) is 0. The first-order valence-corrected chi connectivity index (χ1v) is 8.66. The van der Waals surface area contributed by atoms with Crippen molar-refractivity contribution in [3.63, 3.8) is 0 Å². The summed E-state index contributed by atoms with van der Waals surface area (Å²) in [6.07, 6.45) is 3.02. The predicted octanol–water partition coefficient (Wildman–Crippen LogP) is 1.97. The molecule has 0 aromatic heterocycles. The summed E-state index contributed by atoms with van der Waals surface area (Å²) in [6.45, 7) is 9.54. The number of nitrogens with one attached hydrogen (secondary N) is 1. The number of likely N-dealkylation sites (tertiary alicyclic amines) is 1. The van der Waals surface area contributed by atoms with Gasteiger partial charge in [0.1, 0.15) is 0 Å². The number of nitrogens with zero attached hydrogens (tertiary/aromatic N) is 1. The minimum atomic E-state index is 0.0889. The lowest BCUT2D eigenvalue weighted by Gasteiger charge is -2.31. The molecule has 2 N–H and O–H groups in total. The van der Waals surface area contributed by atoms with E-state index in [9.17, 15) is 9.90 Å². The van der Waals surface area contributed by atoms with E-state index >= 15 is 0 Å². The monoisotopic (exact) mass is 318 g/mol. The average Bonchev–Trinajstić information content (AvgIpc) is 2.50. The molecule has 1 saturated heterocycles. The molecule has 2 rings (SSSR count). The molecule has 0 aliphatic carbocycles. The Kier molecular flexibility index (Phi) is 6.60. The first-order valence-electron chi connectivity index (χ1n) is 8.66. The fourth-order valence-electron chi connectivity index (χ4n) is 3.63. The summed E-state index contributed by atoms with van der Waals surface area (Å²) in [4.78, 5) is 14.3. The van der Waals surface area contributed by atoms with Crippen LogP contribution in [0.2, 0.25) is 0 Å². The number of carbonyl (C=O) groups excluding carboxylic acids is 1. The highest BCUT2D eigenvalue weighted by Crippen LogP contribution is 2.17. The van der Waals surface area contributed by atoms with Crippen molar-refractivity contribution in [2.75, 3.05) is 32.8 Å². The van der Waals surface area contributed by atoms with Gasteiger partial charge in [-0.05, 0) is 69.2 Å². The van der Waals surface area contributed by atoms with E-state index in [2.05, 4.69) is 43.1 Å². The van der Waals surface area contributed by atoms with E-state index in [1.807, 2.05) is 0 Å². The smallest absolute Gasteiger partial charge is 0.234 e. The molecule has 1 aliphatic heterocycles. The van der Waals surface area contributed by atoms with Gasteiger partial charge in [0.05, 0.1) is 6.54 Å². The zero-order valence-electron chi connectivity index (χ0n) is 14.7. The quantitative estimate of drug-likeness (QED) is 0.843. The van der Waals surface area contributed by atoms with E-state index in [0.29, 0.717) is 19.0 Å². The van der Waals surface area contributed by atoms with Crippen LogP contribution in [0, 0.1) is 26.7 Å². The number of hydrogen-bond acceptors (Lipinski definition) is 3. The highest BCUT2D eigenvalue weighted by Gasteiger charge is 2.20. The molecular formula is C19H30N2O2. The van der Waals surface area contributed by atoms with E-state index in [-0.39, 0.29) is 12.5 Å². The first kappa shape index (κ1) is 18.0. The summed E-state index contributed by atoms with van der Waals surface area (Å²) in [5.74, 6) is 0.417. The second-order valence-electron chi connectivity index (χ2n) is 6.90. The van der Waals surface area contributed by atoms with Gasteiger partial charge in [-0.15, -0.1) is 0 Å². The Balaban J connectivity index is 1.77. The standard InChI is InChI=1S/C19H30N2O2/c1-14-9-15(2)18(16(3)10-14)6-7-20-19(23)12-21-8-4-5-17(11-21)13-22/h9-10,17,22H,4-8,11-13H2,1-3H3,(H,20,23). The van der Waals surface area contributed by atoms with E-state index in [1.165, 1.54) is 22.3 Å². The lowest BCUT2D eigenvalue weighted by atomic mass is 9.97. The molecule has 1 aromatic carbocycles. The van der Waals surface area contributed by atoms with Crippen molar-refractivity contribution in [2.45, 2.75) is 40.0 Å². The van der Waals surface area contributed by atoms with Gasteiger partial charge in [-0.3, -0.25) is 9.69 Å². The van der Waals surface area contributed by atoms with E-state index in [1.54, 1.807) is 0 Å². The Morgan fingerprint density at radius 1 is 1.30 bits per heavy atom. The molecule has 1 aliphatic rings. The first-order chi connectivity index (χ1) is 11.0. The van der Waals surface area contributed by atoms with Crippen LogP contribution in [0.25, 0.3) is 0 Å². The molecule has 4 nitrogen and oxygen atoms in total. The fraction of sp³-hybridized carbons (Fsp3) is 0.632. The molecule has 0 saturated carbocycles. The SMILES string of the molecule is Cc1cc(C)c(CCNC(=O)CN2CCCC(CO)C2)c(C)c1. The lowest BCUT2D eigenvalue weighted by molar-refractivity contribution is -0.122. The third kappa shape index (κ3) is 5.33. The van der Waals surface area contributed by atoms with E-state index in [4.69, 9.17) is 0 Å². The number of aliphatic hydroxyl groups is 1. The zero-order valence-corrected chi connectivity index (χ0v) is 14.7. The van der Waals surface area contributed by atoms with Gasteiger partial charge in [0, 0.05) is 19.7 Å². The second-order valence-corrected chi connectivity index (χ2v) is 6.90. The van der Waals surface area contributed by atoms with Crippen molar-refractivity contribution in [3.05, 3.63) is 34.4 Å². The zero-order chi connectivity index (χ0) is 16.8. The van der Waals surface area contributed by atoms with Crippen molar-refractivity contribution in [1.82, 2.24) is 10.2 Å². The predicted molar refractivity (Wildman–Crippen MR) is 93.6 cm³/mol. The van der Waals surface area contributed by atoms with Gasteiger partial charge in [0.25, 0.3) is 0 Å². The number of amides is 1. The Morgan fingerprint density at radius 2 is 2.00 bits per heavy atom. The molecule has 1 amide bonds. The number of aryl methyl sites for hydroxylation is 3. The second kappa shape index (κ2) is 8.46. The van der Waals surface area contributed by atoms with Crippen LogP contribution in [0.15, 0.2) is 12.1 Å². The van der Waals surface area contributed by atoms with Crippen LogP contribution in [0.3, 0.4) is 0 Å². The molecule has 0 bridgehead atoms. The van der Waals surface area contributed by atoms with Crippen LogP contribution in [-0.4, -0.2) is 48.7 Å². The molecule has 1 atom stereocenters. The van der Waals surface area contributed by atoms with Gasteiger partial charge in [0.2, 0.25) is 5.91 Å². The Bertz CT molecular complexity index is 519. The third-order valence-electron chi connectivity index (χ3n) is 4.77. The topological polar surface area (TPSA) is 52.6 Å². The van der Waals surface area contributed by atoms with Crippen molar-refractivity contribution in [3.8, 4) is 0 Å². The Hall–Kier alpha value is -1.39. The van der Waals surface area contributed by atoms with Gasteiger partial charge in [-0.1, -0.05) is 17.7 Å². The van der Waals surface area contributed by atoms with Gasteiger partial charge in [-0.25, -0.2) is 0 Å². The van der Waals surface area contributed by atoms with Crippen LogP contribution >= 0.6 is 0 Å². The molecule has 4 heteroatoms.